The number of hydrogen-bond acceptors (Lipinski definition) is 6. The highest BCUT2D eigenvalue weighted by Crippen LogP contribution is 2.41. The lowest BCUT2D eigenvalue weighted by Crippen LogP contribution is -2.39. The highest BCUT2D eigenvalue weighted by Gasteiger charge is 2.33. The van der Waals surface area contributed by atoms with Crippen molar-refractivity contribution in [1.29, 1.82) is 0 Å². The number of piperidine rings is 1. The second-order valence-corrected chi connectivity index (χ2v) is 14.3. The van der Waals surface area contributed by atoms with E-state index in [1.165, 1.54) is 48.6 Å². The van der Waals surface area contributed by atoms with Gasteiger partial charge in [0.15, 0.2) is 0 Å². The van der Waals surface area contributed by atoms with E-state index in [4.69, 9.17) is 4.42 Å². The topological polar surface area (TPSA) is 126 Å². The van der Waals surface area contributed by atoms with E-state index in [-0.39, 0.29) is 45.7 Å². The van der Waals surface area contributed by atoms with Gasteiger partial charge in [0.25, 0.3) is 5.91 Å². The molecule has 3 aromatic carbocycles. The number of benzene rings is 3. The Morgan fingerprint density at radius 3 is 2.48 bits per heavy atom. The first-order valence-corrected chi connectivity index (χ1v) is 16.7. The van der Waals surface area contributed by atoms with Gasteiger partial charge < -0.3 is 9.73 Å². The maximum atomic E-state index is 13.7. The van der Waals surface area contributed by atoms with E-state index in [0.29, 0.717) is 35.9 Å². The average Bonchev–Trinajstić information content (AvgIpc) is 3.35. The van der Waals surface area contributed by atoms with Gasteiger partial charge in [-0.1, -0.05) is 12.1 Å². The van der Waals surface area contributed by atoms with Crippen molar-refractivity contribution >= 4 is 42.6 Å². The molecule has 0 radical (unpaired) electrons. The fraction of sp³-hybridized carbons (Fsp3) is 0.300. The lowest BCUT2D eigenvalue weighted by atomic mass is 9.89. The normalized spacial score (nSPS) is 16.4. The number of fused-ring (bicyclic) bond motifs is 1. The summed E-state index contributed by atoms with van der Waals surface area (Å²) in [5.41, 5.74) is 2.57. The summed E-state index contributed by atoms with van der Waals surface area (Å²) in [6.07, 6.45) is 1.16. The predicted molar refractivity (Wildman–Crippen MR) is 160 cm³/mol. The minimum atomic E-state index is -3.80. The summed E-state index contributed by atoms with van der Waals surface area (Å²) in [6, 6.07) is 15.5. The molecule has 0 unspecified atom stereocenters. The monoisotopic (exact) mass is 613 g/mol. The first-order valence-electron chi connectivity index (χ1n) is 13.6. The van der Waals surface area contributed by atoms with Crippen molar-refractivity contribution in [2.75, 3.05) is 30.6 Å². The van der Waals surface area contributed by atoms with E-state index < -0.39 is 31.8 Å². The molecular weight excluding hydrogens is 581 g/mol. The molecule has 1 amide bonds. The number of anilines is 1. The maximum Gasteiger partial charge on any atom is 0.255 e. The molecule has 0 bridgehead atoms. The Morgan fingerprint density at radius 1 is 1.07 bits per heavy atom. The van der Waals surface area contributed by atoms with E-state index in [1.807, 2.05) is 13.0 Å². The molecule has 1 aromatic heterocycles. The number of amides is 1. The van der Waals surface area contributed by atoms with Gasteiger partial charge in [-0.15, -0.1) is 0 Å². The molecule has 222 valence electrons. The van der Waals surface area contributed by atoms with Gasteiger partial charge in [-0.25, -0.2) is 21.2 Å². The third-order valence-corrected chi connectivity index (χ3v) is 10.7. The van der Waals surface area contributed by atoms with Gasteiger partial charge in [-0.2, -0.15) is 4.31 Å². The molecule has 9 nitrogen and oxygen atoms in total. The summed E-state index contributed by atoms with van der Waals surface area (Å²) >= 11 is 0. The van der Waals surface area contributed by atoms with Crippen LogP contribution in [0, 0.1) is 12.7 Å². The van der Waals surface area contributed by atoms with Crippen LogP contribution in [-0.4, -0.2) is 52.9 Å². The van der Waals surface area contributed by atoms with Crippen LogP contribution >= 0.6 is 0 Å². The number of halogens is 1. The van der Waals surface area contributed by atoms with Gasteiger partial charge in [0.1, 0.15) is 17.2 Å². The Labute approximate surface area is 244 Å². The number of carbonyl (C=O) groups excluding carboxylic acids is 1. The van der Waals surface area contributed by atoms with Crippen LogP contribution in [0.15, 0.2) is 70.0 Å². The lowest BCUT2D eigenvalue weighted by molar-refractivity contribution is 0.0964. The third kappa shape index (κ3) is 5.79. The lowest BCUT2D eigenvalue weighted by Gasteiger charge is -2.33. The van der Waals surface area contributed by atoms with Crippen LogP contribution in [0.4, 0.5) is 10.1 Å². The van der Waals surface area contributed by atoms with E-state index in [0.717, 1.165) is 5.56 Å². The second kappa shape index (κ2) is 11.5. The predicted octanol–water partition coefficient (Wildman–Crippen LogP) is 5.24. The van der Waals surface area contributed by atoms with Crippen molar-refractivity contribution in [2.24, 2.45) is 0 Å². The Hall–Kier alpha value is -3.74. The van der Waals surface area contributed by atoms with Crippen LogP contribution in [0.3, 0.4) is 0 Å². The molecule has 0 spiro atoms. The Bertz CT molecular complexity index is 1870. The maximum absolute atomic E-state index is 13.7. The van der Waals surface area contributed by atoms with Gasteiger partial charge in [0, 0.05) is 37.2 Å². The number of carbonyl (C=O) groups is 1. The minimum absolute atomic E-state index is 0.126. The SMILES string of the molecule is CCS(=O)(=O)Nc1cc2oc(-c3ccc(F)cc3)c(C(=O)NC)c2cc1[C@@H]1CCCN(S(=O)(=O)c2cccc(C)c2)C1. The molecule has 1 aliphatic rings. The van der Waals surface area contributed by atoms with Crippen LogP contribution in [0.5, 0.6) is 0 Å². The number of nitrogens with one attached hydrogen (secondary N) is 2. The molecule has 1 fully saturated rings. The highest BCUT2D eigenvalue weighted by molar-refractivity contribution is 7.92. The molecule has 5 rings (SSSR count). The van der Waals surface area contributed by atoms with Crippen LogP contribution in [0.25, 0.3) is 22.3 Å². The second-order valence-electron chi connectivity index (χ2n) is 10.4. The highest BCUT2D eigenvalue weighted by atomic mass is 32.2. The van der Waals surface area contributed by atoms with Gasteiger partial charge in [0.05, 0.1) is 21.9 Å². The molecule has 1 aliphatic heterocycles. The first kappa shape index (κ1) is 29.7. The smallest absolute Gasteiger partial charge is 0.255 e. The number of aryl methyl sites for hydroxylation is 1. The van der Waals surface area contributed by atoms with E-state index in [2.05, 4.69) is 10.0 Å². The summed E-state index contributed by atoms with van der Waals surface area (Å²) in [6.45, 7) is 3.80. The van der Waals surface area contributed by atoms with E-state index in [9.17, 15) is 26.0 Å². The van der Waals surface area contributed by atoms with Gasteiger partial charge in [-0.05, 0) is 86.2 Å². The summed E-state index contributed by atoms with van der Waals surface area (Å²) in [7, 11) is -6.04. The molecular formula is C30H32FN3O6S2. The van der Waals surface area contributed by atoms with E-state index >= 15 is 0 Å². The first-order chi connectivity index (χ1) is 19.9. The van der Waals surface area contributed by atoms with Crippen LogP contribution in [0.1, 0.15) is 47.2 Å². The average molecular weight is 614 g/mol. The van der Waals surface area contributed by atoms with E-state index in [1.54, 1.807) is 24.3 Å². The van der Waals surface area contributed by atoms with Crippen molar-refractivity contribution in [3.05, 3.63) is 83.2 Å². The fourth-order valence-corrected chi connectivity index (χ4v) is 7.61. The van der Waals surface area contributed by atoms with Gasteiger partial charge in [0.2, 0.25) is 20.0 Å². The number of rotatable bonds is 8. The number of furan rings is 1. The quantitative estimate of drug-likeness (QED) is 0.280. The molecule has 2 N–H and O–H groups in total. The zero-order valence-corrected chi connectivity index (χ0v) is 25.1. The Kier molecular flexibility index (Phi) is 8.15. The molecule has 42 heavy (non-hydrogen) atoms. The van der Waals surface area contributed by atoms with Crippen molar-refractivity contribution in [3.63, 3.8) is 0 Å². The molecule has 1 saturated heterocycles. The van der Waals surface area contributed by atoms with Crippen LogP contribution in [-0.2, 0) is 20.0 Å². The molecule has 2 heterocycles. The zero-order valence-electron chi connectivity index (χ0n) is 23.5. The molecule has 4 aromatic rings. The number of nitrogens with zero attached hydrogens (tertiary/aromatic N) is 1. The standard InChI is InChI=1S/C30H32FN3O6S2/c1-4-41(36,37)33-26-17-27-25(28(30(35)32-3)29(40-27)20-10-12-22(31)13-11-20)16-24(26)21-8-6-14-34(18-21)42(38,39)23-9-5-7-19(2)15-23/h5,7,9-13,15-17,21,33H,4,6,8,14,18H2,1-3H3,(H,32,35)/t21-/m1/s1. The molecule has 1 atom stereocenters. The van der Waals surface area contributed by atoms with Crippen LogP contribution in [0.2, 0.25) is 0 Å². The molecule has 0 aliphatic carbocycles. The summed E-state index contributed by atoms with van der Waals surface area (Å²) < 4.78 is 76.4. The summed E-state index contributed by atoms with van der Waals surface area (Å²) in [5.74, 6) is -1.23. The summed E-state index contributed by atoms with van der Waals surface area (Å²) in [4.78, 5) is 13.3. The fourth-order valence-electron chi connectivity index (χ4n) is 5.32. The molecule has 12 heteroatoms. The third-order valence-electron chi connectivity index (χ3n) is 7.52. The van der Waals surface area contributed by atoms with Gasteiger partial charge >= 0.3 is 0 Å². The summed E-state index contributed by atoms with van der Waals surface area (Å²) in [5, 5.41) is 3.05. The zero-order chi connectivity index (χ0) is 30.2. The van der Waals surface area contributed by atoms with Crippen LogP contribution < -0.4 is 10.0 Å². The number of sulfonamides is 2. The number of hydrogen-bond donors (Lipinski definition) is 2. The van der Waals surface area contributed by atoms with Crippen molar-refractivity contribution in [1.82, 2.24) is 9.62 Å². The van der Waals surface area contributed by atoms with Crippen molar-refractivity contribution in [2.45, 2.75) is 37.5 Å². The Morgan fingerprint density at radius 2 is 1.81 bits per heavy atom. The van der Waals surface area contributed by atoms with Crippen molar-refractivity contribution in [3.8, 4) is 11.3 Å². The van der Waals surface area contributed by atoms with Gasteiger partial charge in [-0.3, -0.25) is 9.52 Å². The Balaban J connectivity index is 1.66. The van der Waals surface area contributed by atoms with Crippen molar-refractivity contribution < 1.29 is 30.4 Å². The molecule has 0 saturated carbocycles. The largest absolute Gasteiger partial charge is 0.455 e. The minimum Gasteiger partial charge on any atom is -0.455 e.